The minimum atomic E-state index is -0.182. The number of hydrogen-bond acceptors (Lipinski definition) is 4. The Morgan fingerprint density at radius 3 is 2.35 bits per heavy atom. The van der Waals surface area contributed by atoms with Crippen molar-refractivity contribution in [2.24, 2.45) is 0 Å². The van der Waals surface area contributed by atoms with Crippen molar-refractivity contribution in [2.45, 2.75) is 26.8 Å². The maximum absolute atomic E-state index is 12.6. The van der Waals surface area contributed by atoms with Gasteiger partial charge < -0.3 is 19.4 Å². The lowest BCUT2D eigenvalue weighted by Crippen LogP contribution is -2.16. The van der Waals surface area contributed by atoms with Crippen molar-refractivity contribution in [3.8, 4) is 22.8 Å². The van der Waals surface area contributed by atoms with Crippen LogP contribution in [0, 0.1) is 6.92 Å². The van der Waals surface area contributed by atoms with Crippen LogP contribution in [-0.2, 0) is 11.3 Å². The van der Waals surface area contributed by atoms with Crippen molar-refractivity contribution in [2.75, 3.05) is 19.5 Å². The smallest absolute Gasteiger partial charge is 0.226 e. The highest BCUT2D eigenvalue weighted by molar-refractivity contribution is 6.31. The molecule has 0 fully saturated rings. The lowest BCUT2D eigenvalue weighted by Gasteiger charge is -2.14. The topological polar surface area (TPSA) is 69.6 Å². The summed E-state index contributed by atoms with van der Waals surface area (Å²) in [5.41, 5.74) is 3.80. The normalized spacial score (nSPS) is 10.6. The maximum atomic E-state index is 12.6. The Kier molecular flexibility index (Phi) is 7.02. The van der Waals surface area contributed by atoms with Gasteiger partial charge in [-0.15, -0.1) is 0 Å². The number of Topliss-reactive ketones (excluding diaryl/α,β-unsaturated/α-hetero) is 1. The molecule has 1 aromatic heterocycles. The second-order valence-corrected chi connectivity index (χ2v) is 7.54. The van der Waals surface area contributed by atoms with E-state index in [2.05, 4.69) is 5.32 Å². The Hall–Kier alpha value is -3.25. The van der Waals surface area contributed by atoms with Crippen molar-refractivity contribution in [1.29, 1.82) is 0 Å². The van der Waals surface area contributed by atoms with E-state index in [1.807, 2.05) is 41.8 Å². The van der Waals surface area contributed by atoms with Gasteiger partial charge in [0.1, 0.15) is 11.5 Å². The number of nitrogens with zero attached hydrogens (tertiary/aromatic N) is 1. The number of ether oxygens (including phenoxy) is 2. The number of halogens is 1. The summed E-state index contributed by atoms with van der Waals surface area (Å²) in [6.45, 7) is 3.85. The molecule has 0 atom stereocenters. The van der Waals surface area contributed by atoms with Crippen molar-refractivity contribution >= 4 is 29.0 Å². The number of rotatable bonds is 8. The molecular weight excluding hydrogens is 416 g/mol. The number of benzene rings is 2. The molecule has 0 radical (unpaired) electrons. The van der Waals surface area contributed by atoms with Gasteiger partial charge in [-0.2, -0.15) is 0 Å². The van der Waals surface area contributed by atoms with Gasteiger partial charge in [0.15, 0.2) is 5.78 Å². The van der Waals surface area contributed by atoms with Crippen LogP contribution in [0.25, 0.3) is 11.3 Å². The first-order valence-electron chi connectivity index (χ1n) is 9.83. The molecular formula is C24H25ClN2O4. The van der Waals surface area contributed by atoms with Gasteiger partial charge in [0.25, 0.3) is 0 Å². The highest BCUT2D eigenvalue weighted by Gasteiger charge is 2.17. The Labute approximate surface area is 186 Å². The fourth-order valence-electron chi connectivity index (χ4n) is 3.49. The van der Waals surface area contributed by atoms with Gasteiger partial charge in [-0.05, 0) is 67.9 Å². The Bertz CT molecular complexity index is 1100. The average Bonchev–Trinajstić information content (AvgIpc) is 3.09. The standard InChI is InChI=1S/C24H25ClN2O4/c1-15-20(16(2)28)14-22(17-5-8-19(30-3)9-6-17)27(15)12-11-24(29)26-21-13-18(25)7-10-23(21)31-4/h5-10,13-14H,11-12H2,1-4H3,(H,26,29). The van der Waals surface area contributed by atoms with E-state index < -0.39 is 0 Å². The van der Waals surface area contributed by atoms with Crippen molar-refractivity contribution in [3.63, 3.8) is 0 Å². The number of carbonyl (C=O) groups is 2. The lowest BCUT2D eigenvalue weighted by atomic mass is 10.1. The molecule has 6 nitrogen and oxygen atoms in total. The van der Waals surface area contributed by atoms with Gasteiger partial charge in [-0.3, -0.25) is 9.59 Å². The van der Waals surface area contributed by atoms with Gasteiger partial charge >= 0.3 is 0 Å². The summed E-state index contributed by atoms with van der Waals surface area (Å²) in [5, 5.41) is 3.36. The van der Waals surface area contributed by atoms with Crippen LogP contribution in [0.1, 0.15) is 29.4 Å². The number of nitrogens with one attached hydrogen (secondary N) is 1. The van der Waals surface area contributed by atoms with Gasteiger partial charge in [0.05, 0.1) is 19.9 Å². The molecule has 0 aliphatic heterocycles. The quantitative estimate of drug-likeness (QED) is 0.478. The summed E-state index contributed by atoms with van der Waals surface area (Å²) >= 11 is 6.04. The van der Waals surface area contributed by atoms with E-state index in [1.54, 1.807) is 32.2 Å². The number of aromatic nitrogens is 1. The number of amides is 1. The molecule has 1 N–H and O–H groups in total. The largest absolute Gasteiger partial charge is 0.497 e. The summed E-state index contributed by atoms with van der Waals surface area (Å²) in [6, 6.07) is 14.5. The molecule has 0 aliphatic rings. The number of methoxy groups -OCH3 is 2. The second kappa shape index (κ2) is 9.71. The maximum Gasteiger partial charge on any atom is 0.226 e. The molecule has 1 amide bonds. The van der Waals surface area contributed by atoms with E-state index in [4.69, 9.17) is 21.1 Å². The molecule has 3 aromatic rings. The number of carbonyl (C=O) groups excluding carboxylic acids is 2. The molecule has 0 saturated heterocycles. The molecule has 0 spiro atoms. The van der Waals surface area contributed by atoms with Crippen LogP contribution in [-0.4, -0.2) is 30.5 Å². The molecule has 0 aliphatic carbocycles. The highest BCUT2D eigenvalue weighted by atomic mass is 35.5. The third kappa shape index (κ3) is 5.09. The molecule has 3 rings (SSSR count). The summed E-state index contributed by atoms with van der Waals surface area (Å²) in [6.07, 6.45) is 0.214. The number of hydrogen-bond donors (Lipinski definition) is 1. The van der Waals surface area contributed by atoms with E-state index >= 15 is 0 Å². The zero-order valence-electron chi connectivity index (χ0n) is 18.0. The number of ketones is 1. The Morgan fingerprint density at radius 2 is 1.74 bits per heavy atom. The molecule has 162 valence electrons. The molecule has 31 heavy (non-hydrogen) atoms. The van der Waals surface area contributed by atoms with E-state index in [1.165, 1.54) is 7.11 Å². The first-order chi connectivity index (χ1) is 14.8. The third-order valence-electron chi connectivity index (χ3n) is 5.13. The lowest BCUT2D eigenvalue weighted by molar-refractivity contribution is -0.116. The summed E-state index contributed by atoms with van der Waals surface area (Å²) in [5.74, 6) is 1.09. The van der Waals surface area contributed by atoms with Crippen molar-refractivity contribution < 1.29 is 19.1 Å². The van der Waals surface area contributed by atoms with E-state index in [0.717, 1.165) is 22.7 Å². The third-order valence-corrected chi connectivity index (χ3v) is 5.36. The highest BCUT2D eigenvalue weighted by Crippen LogP contribution is 2.30. The van der Waals surface area contributed by atoms with Gasteiger partial charge in [-0.1, -0.05) is 11.6 Å². The zero-order valence-corrected chi connectivity index (χ0v) is 18.7. The fourth-order valence-corrected chi connectivity index (χ4v) is 3.67. The van der Waals surface area contributed by atoms with Crippen LogP contribution in [0.15, 0.2) is 48.5 Å². The van der Waals surface area contributed by atoms with Crippen molar-refractivity contribution in [1.82, 2.24) is 4.57 Å². The SMILES string of the molecule is COc1ccc(-c2cc(C(C)=O)c(C)n2CCC(=O)Nc2cc(Cl)ccc2OC)cc1. The molecule has 7 heteroatoms. The molecule has 2 aromatic carbocycles. The Balaban J connectivity index is 1.84. The summed E-state index contributed by atoms with van der Waals surface area (Å²) < 4.78 is 12.5. The average molecular weight is 441 g/mol. The zero-order chi connectivity index (χ0) is 22.5. The van der Waals surface area contributed by atoms with Gasteiger partial charge in [0.2, 0.25) is 5.91 Å². The van der Waals surface area contributed by atoms with Crippen LogP contribution in [0.4, 0.5) is 5.69 Å². The van der Waals surface area contributed by atoms with Gasteiger partial charge in [0, 0.05) is 34.9 Å². The summed E-state index contributed by atoms with van der Waals surface area (Å²) in [7, 11) is 3.15. The summed E-state index contributed by atoms with van der Waals surface area (Å²) in [4.78, 5) is 24.7. The number of anilines is 1. The predicted molar refractivity (Wildman–Crippen MR) is 122 cm³/mol. The van der Waals surface area contributed by atoms with Gasteiger partial charge in [-0.25, -0.2) is 0 Å². The monoisotopic (exact) mass is 440 g/mol. The predicted octanol–water partition coefficient (Wildman–Crippen LogP) is 5.37. The second-order valence-electron chi connectivity index (χ2n) is 7.11. The fraction of sp³-hybridized carbons (Fsp3) is 0.250. The minimum absolute atomic E-state index is 0.0147. The molecule has 1 heterocycles. The Morgan fingerprint density at radius 1 is 1.03 bits per heavy atom. The first-order valence-corrected chi connectivity index (χ1v) is 10.2. The van der Waals surface area contributed by atoms with E-state index in [0.29, 0.717) is 28.6 Å². The first kappa shape index (κ1) is 22.4. The van der Waals surface area contributed by atoms with Crippen LogP contribution >= 0.6 is 11.6 Å². The van der Waals surface area contributed by atoms with Crippen LogP contribution in [0.5, 0.6) is 11.5 Å². The van der Waals surface area contributed by atoms with Crippen LogP contribution in [0.2, 0.25) is 5.02 Å². The van der Waals surface area contributed by atoms with Crippen molar-refractivity contribution in [3.05, 3.63) is 64.8 Å². The molecule has 0 unspecified atom stereocenters. The van der Waals surface area contributed by atoms with Crippen LogP contribution < -0.4 is 14.8 Å². The van der Waals surface area contributed by atoms with E-state index in [-0.39, 0.29) is 18.1 Å². The van der Waals surface area contributed by atoms with Crippen LogP contribution in [0.3, 0.4) is 0 Å². The minimum Gasteiger partial charge on any atom is -0.497 e. The molecule has 0 bridgehead atoms. The van der Waals surface area contributed by atoms with E-state index in [9.17, 15) is 9.59 Å². The molecule has 0 saturated carbocycles.